The lowest BCUT2D eigenvalue weighted by Gasteiger charge is -2.30. The van der Waals surface area contributed by atoms with E-state index in [2.05, 4.69) is 30.9 Å². The third-order valence-corrected chi connectivity index (χ3v) is 3.69. The Morgan fingerprint density at radius 3 is 2.70 bits per heavy atom. The summed E-state index contributed by atoms with van der Waals surface area (Å²) in [7, 11) is 0. The van der Waals surface area contributed by atoms with E-state index in [-0.39, 0.29) is 5.41 Å². The molecule has 2 aromatic heterocycles. The summed E-state index contributed by atoms with van der Waals surface area (Å²) in [4.78, 5) is 4.40. The molecule has 2 aromatic rings. The molecule has 0 aliphatic rings. The molecule has 1 unspecified atom stereocenters. The van der Waals surface area contributed by atoms with Crippen molar-refractivity contribution in [2.75, 3.05) is 6.54 Å². The van der Waals surface area contributed by atoms with Gasteiger partial charge in [-0.2, -0.15) is 4.98 Å². The molecule has 2 heterocycles. The lowest BCUT2D eigenvalue weighted by Crippen LogP contribution is -2.24. The van der Waals surface area contributed by atoms with Crippen LogP contribution >= 0.6 is 0 Å². The fourth-order valence-electron chi connectivity index (χ4n) is 2.37. The molecule has 20 heavy (non-hydrogen) atoms. The van der Waals surface area contributed by atoms with Crippen molar-refractivity contribution in [1.29, 1.82) is 0 Å². The largest absolute Gasteiger partial charge is 0.472 e. The molecule has 2 rings (SSSR count). The van der Waals surface area contributed by atoms with Gasteiger partial charge in [0.05, 0.1) is 11.8 Å². The third-order valence-electron chi connectivity index (χ3n) is 3.69. The third kappa shape index (κ3) is 3.70. The highest BCUT2D eigenvalue weighted by Crippen LogP contribution is 2.32. The summed E-state index contributed by atoms with van der Waals surface area (Å²) in [5.74, 6) is 1.81. The average Bonchev–Trinajstić information content (AvgIpc) is 3.03. The van der Waals surface area contributed by atoms with Gasteiger partial charge in [0, 0.05) is 6.42 Å². The molecule has 0 bridgehead atoms. The summed E-state index contributed by atoms with van der Waals surface area (Å²) in [6.45, 7) is 7.46. The van der Waals surface area contributed by atoms with E-state index >= 15 is 0 Å². The standard InChI is InChI=1S/C15H23N3O2/c1-15(2,3)12(6-8-16)4-5-13-17-14(18-20-13)11-7-9-19-10-11/h7,9-10,12H,4-6,8,16H2,1-3H3. The minimum Gasteiger partial charge on any atom is -0.472 e. The van der Waals surface area contributed by atoms with E-state index in [9.17, 15) is 0 Å². The van der Waals surface area contributed by atoms with Crippen molar-refractivity contribution in [3.05, 3.63) is 24.5 Å². The van der Waals surface area contributed by atoms with Gasteiger partial charge in [-0.1, -0.05) is 25.9 Å². The number of nitrogens with zero attached hydrogens (tertiary/aromatic N) is 2. The van der Waals surface area contributed by atoms with Gasteiger partial charge in [-0.3, -0.25) is 0 Å². The van der Waals surface area contributed by atoms with Crippen molar-refractivity contribution in [1.82, 2.24) is 10.1 Å². The van der Waals surface area contributed by atoms with Crippen LogP contribution in [0.5, 0.6) is 0 Å². The van der Waals surface area contributed by atoms with E-state index in [0.717, 1.165) is 24.8 Å². The van der Waals surface area contributed by atoms with E-state index in [1.54, 1.807) is 12.5 Å². The predicted octanol–water partition coefficient (Wildman–Crippen LogP) is 3.27. The van der Waals surface area contributed by atoms with E-state index in [1.807, 2.05) is 6.07 Å². The maximum atomic E-state index is 5.70. The van der Waals surface area contributed by atoms with Crippen molar-refractivity contribution >= 4 is 0 Å². The van der Waals surface area contributed by atoms with Crippen LogP contribution in [0.3, 0.4) is 0 Å². The maximum Gasteiger partial charge on any atom is 0.226 e. The SMILES string of the molecule is CC(C)(C)C(CCN)CCc1nc(-c2ccoc2)no1. The molecule has 0 aliphatic carbocycles. The minimum atomic E-state index is 0.243. The number of hydrogen-bond donors (Lipinski definition) is 1. The van der Waals surface area contributed by atoms with Crippen molar-refractivity contribution in [2.45, 2.75) is 40.0 Å². The Morgan fingerprint density at radius 2 is 2.10 bits per heavy atom. The molecule has 0 spiro atoms. The van der Waals surface area contributed by atoms with Crippen LogP contribution in [-0.4, -0.2) is 16.7 Å². The van der Waals surface area contributed by atoms with Crippen LogP contribution in [0.4, 0.5) is 0 Å². The first kappa shape index (κ1) is 14.8. The van der Waals surface area contributed by atoms with Crippen molar-refractivity contribution in [3.8, 4) is 11.4 Å². The second-order valence-corrected chi connectivity index (χ2v) is 6.20. The Kier molecular flexibility index (Phi) is 4.60. The van der Waals surface area contributed by atoms with E-state index in [1.165, 1.54) is 0 Å². The van der Waals surface area contributed by atoms with Gasteiger partial charge in [0.1, 0.15) is 6.26 Å². The highest BCUT2D eigenvalue weighted by molar-refractivity contribution is 5.51. The summed E-state index contributed by atoms with van der Waals surface area (Å²) in [6.07, 6.45) is 6.02. The van der Waals surface area contributed by atoms with Crippen molar-refractivity contribution in [3.63, 3.8) is 0 Å². The van der Waals surface area contributed by atoms with Gasteiger partial charge in [0.15, 0.2) is 0 Å². The van der Waals surface area contributed by atoms with Gasteiger partial charge >= 0.3 is 0 Å². The second kappa shape index (κ2) is 6.22. The Labute approximate surface area is 119 Å². The summed E-state index contributed by atoms with van der Waals surface area (Å²) >= 11 is 0. The zero-order valence-corrected chi connectivity index (χ0v) is 12.4. The van der Waals surface area contributed by atoms with E-state index in [0.29, 0.717) is 24.2 Å². The van der Waals surface area contributed by atoms with Crippen LogP contribution in [-0.2, 0) is 6.42 Å². The molecule has 0 saturated heterocycles. The van der Waals surface area contributed by atoms with Gasteiger partial charge < -0.3 is 14.7 Å². The molecule has 0 radical (unpaired) electrons. The Morgan fingerprint density at radius 1 is 1.30 bits per heavy atom. The summed E-state index contributed by atoms with van der Waals surface area (Å²) in [6, 6.07) is 1.82. The summed E-state index contributed by atoms with van der Waals surface area (Å²) < 4.78 is 10.3. The molecule has 5 nitrogen and oxygen atoms in total. The Hall–Kier alpha value is -1.62. The van der Waals surface area contributed by atoms with Crippen LogP contribution in [0.25, 0.3) is 11.4 Å². The zero-order valence-electron chi connectivity index (χ0n) is 12.4. The molecule has 0 aliphatic heterocycles. The lowest BCUT2D eigenvalue weighted by atomic mass is 9.76. The molecule has 2 N–H and O–H groups in total. The van der Waals surface area contributed by atoms with Crippen molar-refractivity contribution < 1.29 is 8.94 Å². The molecule has 0 fully saturated rings. The van der Waals surface area contributed by atoms with Gasteiger partial charge in [-0.25, -0.2) is 0 Å². The first-order valence-corrected chi connectivity index (χ1v) is 7.06. The number of furan rings is 1. The average molecular weight is 277 g/mol. The van der Waals surface area contributed by atoms with Gasteiger partial charge in [0.25, 0.3) is 0 Å². The highest BCUT2D eigenvalue weighted by atomic mass is 16.5. The molecular weight excluding hydrogens is 254 g/mol. The fraction of sp³-hybridized carbons (Fsp3) is 0.600. The smallest absolute Gasteiger partial charge is 0.226 e. The molecule has 1 atom stereocenters. The van der Waals surface area contributed by atoms with Crippen LogP contribution < -0.4 is 5.73 Å². The summed E-state index contributed by atoms with van der Waals surface area (Å²) in [5.41, 5.74) is 6.79. The number of rotatable bonds is 6. The minimum absolute atomic E-state index is 0.243. The Balaban J connectivity index is 1.97. The molecule has 0 aromatic carbocycles. The quantitative estimate of drug-likeness (QED) is 0.876. The first-order chi connectivity index (χ1) is 9.50. The Bertz CT molecular complexity index is 511. The molecular formula is C15H23N3O2. The van der Waals surface area contributed by atoms with Crippen LogP contribution in [0.15, 0.2) is 27.5 Å². The lowest BCUT2D eigenvalue weighted by molar-refractivity contribution is 0.208. The first-order valence-electron chi connectivity index (χ1n) is 7.06. The van der Waals surface area contributed by atoms with Crippen LogP contribution in [0, 0.1) is 11.3 Å². The molecule has 0 amide bonds. The van der Waals surface area contributed by atoms with E-state index < -0.39 is 0 Å². The second-order valence-electron chi connectivity index (χ2n) is 6.20. The number of aromatic nitrogens is 2. The van der Waals surface area contributed by atoms with Gasteiger partial charge in [-0.05, 0) is 36.8 Å². The predicted molar refractivity (Wildman–Crippen MR) is 76.9 cm³/mol. The van der Waals surface area contributed by atoms with Gasteiger partial charge in [-0.15, -0.1) is 0 Å². The highest BCUT2D eigenvalue weighted by Gasteiger charge is 2.24. The topological polar surface area (TPSA) is 78.1 Å². The molecule has 110 valence electrons. The van der Waals surface area contributed by atoms with Gasteiger partial charge in [0.2, 0.25) is 11.7 Å². The zero-order chi connectivity index (χ0) is 14.6. The molecule has 0 saturated carbocycles. The number of nitrogens with two attached hydrogens (primary N) is 1. The monoisotopic (exact) mass is 277 g/mol. The summed E-state index contributed by atoms with van der Waals surface area (Å²) in [5, 5.41) is 3.97. The van der Waals surface area contributed by atoms with E-state index in [4.69, 9.17) is 14.7 Å². The number of aryl methyl sites for hydroxylation is 1. The fourth-order valence-corrected chi connectivity index (χ4v) is 2.37. The molecule has 5 heteroatoms. The van der Waals surface area contributed by atoms with Crippen molar-refractivity contribution in [2.24, 2.45) is 17.1 Å². The number of hydrogen-bond acceptors (Lipinski definition) is 5. The van der Waals surface area contributed by atoms with Crippen LogP contribution in [0.2, 0.25) is 0 Å². The normalized spacial score (nSPS) is 13.6. The maximum absolute atomic E-state index is 5.70. The van der Waals surface area contributed by atoms with Crippen LogP contribution in [0.1, 0.15) is 39.5 Å².